The molecule has 0 aromatic carbocycles. The summed E-state index contributed by atoms with van der Waals surface area (Å²) in [7, 11) is 0. The molecule has 0 bridgehead atoms. The van der Waals surface area contributed by atoms with Crippen LogP contribution in [0.2, 0.25) is 0 Å². The molecule has 2 heterocycles. The van der Waals surface area contributed by atoms with Crippen LogP contribution in [0, 0.1) is 10.7 Å². The molecule has 1 aromatic heterocycles. The second-order valence-corrected chi connectivity index (χ2v) is 6.22. The van der Waals surface area contributed by atoms with Crippen molar-refractivity contribution in [2.75, 3.05) is 18.0 Å². The third kappa shape index (κ3) is 2.20. The van der Waals surface area contributed by atoms with E-state index in [0.717, 1.165) is 29.7 Å². The molecule has 5 heteroatoms. The molecule has 1 saturated carbocycles. The molecule has 1 aromatic rings. The smallest absolute Gasteiger partial charge is 0.225 e. The second kappa shape index (κ2) is 5.03. The van der Waals surface area contributed by atoms with Gasteiger partial charge in [-0.3, -0.25) is 4.57 Å². The Kier molecular flexibility index (Phi) is 3.41. The van der Waals surface area contributed by atoms with Crippen LogP contribution >= 0.6 is 12.2 Å². The van der Waals surface area contributed by atoms with E-state index in [1.807, 2.05) is 0 Å². The van der Waals surface area contributed by atoms with Crippen molar-refractivity contribution in [1.29, 1.82) is 0 Å². The monoisotopic (exact) mass is 266 g/mol. The number of aromatic amines is 1. The summed E-state index contributed by atoms with van der Waals surface area (Å²) >= 11 is 5.43. The molecule has 1 aliphatic carbocycles. The molecule has 0 spiro atoms. The highest BCUT2D eigenvalue weighted by Crippen LogP contribution is 2.33. The molecule has 0 amide bonds. The van der Waals surface area contributed by atoms with Crippen LogP contribution in [0.25, 0.3) is 0 Å². The maximum Gasteiger partial charge on any atom is 0.225 e. The van der Waals surface area contributed by atoms with Crippen molar-refractivity contribution in [2.24, 2.45) is 5.92 Å². The van der Waals surface area contributed by atoms with E-state index in [-0.39, 0.29) is 0 Å². The molecule has 1 unspecified atom stereocenters. The van der Waals surface area contributed by atoms with Crippen LogP contribution in [0.3, 0.4) is 0 Å². The zero-order chi connectivity index (χ0) is 12.5. The van der Waals surface area contributed by atoms with E-state index < -0.39 is 0 Å². The average molecular weight is 266 g/mol. The van der Waals surface area contributed by atoms with Gasteiger partial charge >= 0.3 is 0 Å². The van der Waals surface area contributed by atoms with Gasteiger partial charge in [-0.15, -0.1) is 5.10 Å². The van der Waals surface area contributed by atoms with Gasteiger partial charge in [0.1, 0.15) is 0 Å². The Bertz CT molecular complexity index is 458. The van der Waals surface area contributed by atoms with E-state index in [9.17, 15) is 0 Å². The number of hydrogen-bond donors (Lipinski definition) is 1. The molecule has 1 aliphatic heterocycles. The van der Waals surface area contributed by atoms with Crippen molar-refractivity contribution in [3.8, 4) is 0 Å². The minimum atomic E-state index is 0.573. The number of H-pyrrole nitrogens is 1. The van der Waals surface area contributed by atoms with E-state index in [4.69, 9.17) is 12.2 Å². The largest absolute Gasteiger partial charge is 0.341 e. The fourth-order valence-corrected chi connectivity index (χ4v) is 3.66. The summed E-state index contributed by atoms with van der Waals surface area (Å²) < 4.78 is 3.08. The summed E-state index contributed by atoms with van der Waals surface area (Å²) in [4.78, 5) is 2.42. The zero-order valence-electron chi connectivity index (χ0n) is 11.1. The summed E-state index contributed by atoms with van der Waals surface area (Å²) in [6.45, 7) is 4.57. The Morgan fingerprint density at radius 3 is 2.72 bits per heavy atom. The van der Waals surface area contributed by atoms with Crippen molar-refractivity contribution in [3.63, 3.8) is 0 Å². The standard InChI is InChI=1S/C13H22N4S/c1-10-5-4-8-16(9-10)12-14-15-13(18)17(12)11-6-2-3-7-11/h10-11H,2-9H2,1H3,(H,15,18). The number of nitrogens with zero attached hydrogens (tertiary/aromatic N) is 3. The number of aromatic nitrogens is 3. The number of piperidine rings is 1. The molecular weight excluding hydrogens is 244 g/mol. The summed E-state index contributed by atoms with van der Waals surface area (Å²) in [6.07, 6.45) is 7.77. The first-order valence-electron chi connectivity index (χ1n) is 7.17. The molecule has 2 aliphatic rings. The molecule has 18 heavy (non-hydrogen) atoms. The summed E-state index contributed by atoms with van der Waals surface area (Å²) in [5.41, 5.74) is 0. The van der Waals surface area contributed by atoms with Crippen LogP contribution in [0.15, 0.2) is 0 Å². The average Bonchev–Trinajstić information content (AvgIpc) is 2.97. The molecule has 1 atom stereocenters. The summed E-state index contributed by atoms with van der Waals surface area (Å²) in [5, 5.41) is 7.49. The third-order valence-electron chi connectivity index (χ3n) is 4.32. The quantitative estimate of drug-likeness (QED) is 0.835. The van der Waals surface area contributed by atoms with E-state index >= 15 is 0 Å². The number of rotatable bonds is 2. The van der Waals surface area contributed by atoms with Gasteiger partial charge in [0.15, 0.2) is 4.77 Å². The highest BCUT2D eigenvalue weighted by atomic mass is 32.1. The molecule has 100 valence electrons. The van der Waals surface area contributed by atoms with Crippen LogP contribution in [-0.2, 0) is 0 Å². The molecule has 2 fully saturated rings. The maximum atomic E-state index is 5.43. The third-order valence-corrected chi connectivity index (χ3v) is 4.60. The fourth-order valence-electron chi connectivity index (χ4n) is 3.38. The Morgan fingerprint density at radius 1 is 1.22 bits per heavy atom. The Balaban J connectivity index is 1.89. The van der Waals surface area contributed by atoms with Crippen LogP contribution in [0.5, 0.6) is 0 Å². The first-order chi connectivity index (χ1) is 8.75. The predicted molar refractivity (Wildman–Crippen MR) is 75.5 cm³/mol. The van der Waals surface area contributed by atoms with Gasteiger partial charge in [0, 0.05) is 19.1 Å². The van der Waals surface area contributed by atoms with Crippen LogP contribution in [0.1, 0.15) is 51.5 Å². The van der Waals surface area contributed by atoms with E-state index in [1.54, 1.807) is 0 Å². The maximum absolute atomic E-state index is 5.43. The molecule has 4 nitrogen and oxygen atoms in total. The number of anilines is 1. The van der Waals surface area contributed by atoms with Gasteiger partial charge in [-0.25, -0.2) is 5.10 Å². The van der Waals surface area contributed by atoms with Crippen LogP contribution in [-0.4, -0.2) is 27.9 Å². The lowest BCUT2D eigenvalue weighted by molar-refractivity contribution is 0.427. The van der Waals surface area contributed by atoms with Gasteiger partial charge in [-0.1, -0.05) is 19.8 Å². The van der Waals surface area contributed by atoms with Crippen molar-refractivity contribution in [3.05, 3.63) is 4.77 Å². The van der Waals surface area contributed by atoms with Crippen molar-refractivity contribution in [1.82, 2.24) is 14.8 Å². The lowest BCUT2D eigenvalue weighted by Crippen LogP contribution is -2.36. The normalized spacial score (nSPS) is 25.8. The lowest BCUT2D eigenvalue weighted by atomic mass is 10.0. The zero-order valence-corrected chi connectivity index (χ0v) is 11.9. The summed E-state index contributed by atoms with van der Waals surface area (Å²) in [6, 6.07) is 0.573. The fraction of sp³-hybridized carbons (Fsp3) is 0.846. The van der Waals surface area contributed by atoms with Gasteiger partial charge in [-0.2, -0.15) is 0 Å². The van der Waals surface area contributed by atoms with Crippen LogP contribution in [0.4, 0.5) is 5.95 Å². The first-order valence-corrected chi connectivity index (χ1v) is 7.58. The van der Waals surface area contributed by atoms with E-state index in [0.29, 0.717) is 6.04 Å². The number of hydrogen-bond acceptors (Lipinski definition) is 3. The SMILES string of the molecule is CC1CCCN(c2n[nH]c(=S)n2C2CCCC2)C1. The highest BCUT2D eigenvalue weighted by molar-refractivity contribution is 7.71. The molecular formula is C13H22N4S. The van der Waals surface area contributed by atoms with Gasteiger partial charge in [0.2, 0.25) is 5.95 Å². The Hall–Kier alpha value is -0.840. The van der Waals surface area contributed by atoms with Crippen molar-refractivity contribution < 1.29 is 0 Å². The Morgan fingerprint density at radius 2 is 2.00 bits per heavy atom. The number of nitrogens with one attached hydrogen (secondary N) is 1. The van der Waals surface area contributed by atoms with Gasteiger partial charge < -0.3 is 4.90 Å². The highest BCUT2D eigenvalue weighted by Gasteiger charge is 2.26. The molecule has 3 rings (SSSR count). The van der Waals surface area contributed by atoms with Gasteiger partial charge in [0.05, 0.1) is 0 Å². The first kappa shape index (κ1) is 12.2. The van der Waals surface area contributed by atoms with E-state index in [2.05, 4.69) is 26.6 Å². The summed E-state index contributed by atoms with van der Waals surface area (Å²) in [5.74, 6) is 1.85. The molecule has 1 N–H and O–H groups in total. The minimum Gasteiger partial charge on any atom is -0.341 e. The van der Waals surface area contributed by atoms with Gasteiger partial charge in [-0.05, 0) is 43.8 Å². The topological polar surface area (TPSA) is 36.9 Å². The lowest BCUT2D eigenvalue weighted by Gasteiger charge is -2.32. The molecule has 0 radical (unpaired) electrons. The van der Waals surface area contributed by atoms with Crippen LogP contribution < -0.4 is 4.90 Å². The molecule has 1 saturated heterocycles. The minimum absolute atomic E-state index is 0.573. The Labute approximate surface area is 113 Å². The van der Waals surface area contributed by atoms with Gasteiger partial charge in [0.25, 0.3) is 0 Å². The van der Waals surface area contributed by atoms with E-state index in [1.165, 1.54) is 38.5 Å². The van der Waals surface area contributed by atoms with Crippen molar-refractivity contribution >= 4 is 18.2 Å². The van der Waals surface area contributed by atoms with Crippen molar-refractivity contribution in [2.45, 2.75) is 51.5 Å². The predicted octanol–water partition coefficient (Wildman–Crippen LogP) is 3.29. The second-order valence-electron chi connectivity index (χ2n) is 5.83.